The van der Waals surface area contributed by atoms with Crippen LogP contribution in [-0.4, -0.2) is 37.7 Å². The number of aromatic hydroxyl groups is 1. The molecule has 0 unspecified atom stereocenters. The van der Waals surface area contributed by atoms with Crippen LogP contribution in [0, 0.1) is 0 Å². The van der Waals surface area contributed by atoms with E-state index in [2.05, 4.69) is 36.7 Å². The first-order chi connectivity index (χ1) is 16.0. The van der Waals surface area contributed by atoms with Gasteiger partial charge in [0, 0.05) is 26.3 Å². The Balaban J connectivity index is 1.50. The molecule has 0 aliphatic carbocycles. The van der Waals surface area contributed by atoms with Gasteiger partial charge in [-0.05, 0) is 42.5 Å². The molecular formula is C23H17BrClN5O2S. The number of hydrogen-bond acceptors (Lipinski definition) is 6. The fraction of sp³-hybridized carbons (Fsp3) is 0.0435. The second kappa shape index (κ2) is 10.7. The van der Waals surface area contributed by atoms with Crippen molar-refractivity contribution in [3.8, 4) is 22.8 Å². The van der Waals surface area contributed by atoms with Crippen molar-refractivity contribution < 1.29 is 9.90 Å². The topological polar surface area (TPSA) is 92.4 Å². The third kappa shape index (κ3) is 5.81. The number of nitrogens with zero attached hydrogens (tertiary/aromatic N) is 4. The largest absolute Gasteiger partial charge is 0.507 e. The lowest BCUT2D eigenvalue weighted by atomic mass is 10.2. The van der Waals surface area contributed by atoms with Gasteiger partial charge in [0.1, 0.15) is 5.75 Å². The van der Waals surface area contributed by atoms with Crippen LogP contribution in [0.1, 0.15) is 5.56 Å². The van der Waals surface area contributed by atoms with Gasteiger partial charge in [0.15, 0.2) is 11.0 Å². The molecule has 33 heavy (non-hydrogen) atoms. The molecule has 4 rings (SSSR count). The zero-order valence-electron chi connectivity index (χ0n) is 17.0. The average Bonchev–Trinajstić information content (AvgIpc) is 3.25. The van der Waals surface area contributed by atoms with E-state index >= 15 is 0 Å². The standard InChI is InChI=1S/C23H17BrClN5O2S/c24-17-6-11-20(31)16(12-17)13-26-27-21(32)14-33-23-29-28-22(15-4-2-1-3-5-15)30(23)19-9-7-18(25)8-10-19/h1-13,31H,14H2,(H,27,32)/b26-13+. The highest BCUT2D eigenvalue weighted by molar-refractivity contribution is 9.10. The van der Waals surface area contributed by atoms with E-state index in [0.717, 1.165) is 15.7 Å². The van der Waals surface area contributed by atoms with Crippen LogP contribution in [0.25, 0.3) is 17.1 Å². The summed E-state index contributed by atoms with van der Waals surface area (Å²) in [6.45, 7) is 0. The fourth-order valence-electron chi connectivity index (χ4n) is 2.93. The van der Waals surface area contributed by atoms with Crippen LogP contribution < -0.4 is 5.43 Å². The Morgan fingerprint density at radius 1 is 1.12 bits per heavy atom. The van der Waals surface area contributed by atoms with E-state index in [0.29, 0.717) is 21.6 Å². The number of amides is 1. The van der Waals surface area contributed by atoms with Crippen molar-refractivity contribution in [1.82, 2.24) is 20.2 Å². The van der Waals surface area contributed by atoms with E-state index in [1.807, 2.05) is 47.0 Å². The molecule has 7 nitrogen and oxygen atoms in total. The highest BCUT2D eigenvalue weighted by Crippen LogP contribution is 2.28. The number of phenols is 1. The molecule has 0 aliphatic heterocycles. The third-order valence-electron chi connectivity index (χ3n) is 4.46. The number of rotatable bonds is 7. The summed E-state index contributed by atoms with van der Waals surface area (Å²) in [6, 6.07) is 22.0. The lowest BCUT2D eigenvalue weighted by molar-refractivity contribution is -0.118. The number of carbonyl (C=O) groups excluding carboxylic acids is 1. The van der Waals surface area contributed by atoms with Gasteiger partial charge in [-0.15, -0.1) is 10.2 Å². The normalized spacial score (nSPS) is 11.1. The van der Waals surface area contributed by atoms with E-state index < -0.39 is 0 Å². The summed E-state index contributed by atoms with van der Waals surface area (Å²) in [5, 5.41) is 23.6. The molecule has 1 heterocycles. The summed E-state index contributed by atoms with van der Waals surface area (Å²) in [5.41, 5.74) is 4.67. The Kier molecular flexibility index (Phi) is 7.43. The van der Waals surface area contributed by atoms with Gasteiger partial charge in [-0.25, -0.2) is 5.43 Å². The Morgan fingerprint density at radius 2 is 1.88 bits per heavy atom. The first kappa shape index (κ1) is 23.0. The van der Waals surface area contributed by atoms with Gasteiger partial charge in [0.05, 0.1) is 12.0 Å². The molecule has 0 aliphatic rings. The zero-order valence-corrected chi connectivity index (χ0v) is 20.2. The number of carbonyl (C=O) groups is 1. The molecule has 1 amide bonds. The second-order valence-corrected chi connectivity index (χ2v) is 9.06. The van der Waals surface area contributed by atoms with Gasteiger partial charge < -0.3 is 5.11 Å². The Morgan fingerprint density at radius 3 is 2.64 bits per heavy atom. The maximum Gasteiger partial charge on any atom is 0.250 e. The van der Waals surface area contributed by atoms with E-state index in [9.17, 15) is 9.90 Å². The summed E-state index contributed by atoms with van der Waals surface area (Å²) in [7, 11) is 0. The Labute approximate surface area is 207 Å². The van der Waals surface area contributed by atoms with Crippen LogP contribution >= 0.6 is 39.3 Å². The zero-order chi connectivity index (χ0) is 23.2. The second-order valence-electron chi connectivity index (χ2n) is 6.77. The minimum absolute atomic E-state index is 0.0649. The third-order valence-corrected chi connectivity index (χ3v) is 6.14. The molecule has 0 atom stereocenters. The van der Waals surface area contributed by atoms with Crippen molar-refractivity contribution >= 4 is 51.4 Å². The van der Waals surface area contributed by atoms with Crippen molar-refractivity contribution in [3.05, 3.63) is 87.9 Å². The highest BCUT2D eigenvalue weighted by Gasteiger charge is 2.17. The monoisotopic (exact) mass is 541 g/mol. The van der Waals surface area contributed by atoms with E-state index in [1.54, 1.807) is 24.3 Å². The van der Waals surface area contributed by atoms with Crippen molar-refractivity contribution in [2.24, 2.45) is 5.10 Å². The predicted octanol–water partition coefficient (Wildman–Crippen LogP) is 5.30. The van der Waals surface area contributed by atoms with Crippen molar-refractivity contribution in [1.29, 1.82) is 0 Å². The number of hydrogen-bond donors (Lipinski definition) is 2. The van der Waals surface area contributed by atoms with Crippen LogP contribution in [0.3, 0.4) is 0 Å². The molecule has 0 saturated carbocycles. The minimum atomic E-state index is -0.322. The average molecular weight is 543 g/mol. The minimum Gasteiger partial charge on any atom is -0.507 e. The molecule has 2 N–H and O–H groups in total. The van der Waals surface area contributed by atoms with E-state index in [4.69, 9.17) is 11.6 Å². The summed E-state index contributed by atoms with van der Waals surface area (Å²) < 4.78 is 2.67. The molecule has 10 heteroatoms. The lowest BCUT2D eigenvalue weighted by Gasteiger charge is -2.10. The first-order valence-corrected chi connectivity index (χ1v) is 11.9. The maximum absolute atomic E-state index is 12.3. The van der Waals surface area contributed by atoms with Gasteiger partial charge >= 0.3 is 0 Å². The van der Waals surface area contributed by atoms with Gasteiger partial charge in [-0.3, -0.25) is 9.36 Å². The predicted molar refractivity (Wildman–Crippen MR) is 134 cm³/mol. The van der Waals surface area contributed by atoms with Crippen LogP contribution in [0.5, 0.6) is 5.75 Å². The molecule has 0 bridgehead atoms. The first-order valence-electron chi connectivity index (χ1n) is 9.71. The summed E-state index contributed by atoms with van der Waals surface area (Å²) >= 11 is 10.6. The van der Waals surface area contributed by atoms with Crippen molar-refractivity contribution in [3.63, 3.8) is 0 Å². The van der Waals surface area contributed by atoms with Gasteiger partial charge in [-0.1, -0.05) is 69.6 Å². The molecule has 0 spiro atoms. The van der Waals surface area contributed by atoms with Crippen LogP contribution in [0.15, 0.2) is 87.5 Å². The lowest BCUT2D eigenvalue weighted by Crippen LogP contribution is -2.20. The van der Waals surface area contributed by atoms with Gasteiger partial charge in [-0.2, -0.15) is 5.10 Å². The molecule has 3 aromatic carbocycles. The quantitative estimate of drug-likeness (QED) is 0.188. The van der Waals surface area contributed by atoms with Crippen LogP contribution in [0.2, 0.25) is 5.02 Å². The van der Waals surface area contributed by atoms with Crippen LogP contribution in [-0.2, 0) is 4.79 Å². The Bertz CT molecular complexity index is 1300. The van der Waals surface area contributed by atoms with E-state index in [1.165, 1.54) is 24.0 Å². The summed E-state index contributed by atoms with van der Waals surface area (Å²) in [6.07, 6.45) is 1.38. The number of benzene rings is 3. The van der Waals surface area contributed by atoms with Crippen molar-refractivity contribution in [2.75, 3.05) is 5.75 Å². The number of hydrazone groups is 1. The molecule has 0 saturated heterocycles. The molecule has 4 aromatic rings. The van der Waals surface area contributed by atoms with Crippen molar-refractivity contribution in [2.45, 2.75) is 5.16 Å². The summed E-state index contributed by atoms with van der Waals surface area (Å²) in [5.74, 6) is 0.471. The number of nitrogens with one attached hydrogen (secondary N) is 1. The molecule has 0 fully saturated rings. The number of halogens is 2. The number of phenolic OH excluding ortho intramolecular Hbond substituents is 1. The molecular weight excluding hydrogens is 526 g/mol. The molecule has 0 radical (unpaired) electrons. The van der Waals surface area contributed by atoms with Gasteiger partial charge in [0.25, 0.3) is 5.91 Å². The van der Waals surface area contributed by atoms with E-state index in [-0.39, 0.29) is 17.4 Å². The molecule has 166 valence electrons. The number of thioether (sulfide) groups is 1. The highest BCUT2D eigenvalue weighted by atomic mass is 79.9. The SMILES string of the molecule is O=C(CSc1nnc(-c2ccccc2)n1-c1ccc(Cl)cc1)N/N=C/c1cc(Br)ccc1O. The Hall–Kier alpha value is -3.14. The van der Waals surface area contributed by atoms with Crippen LogP contribution in [0.4, 0.5) is 0 Å². The maximum atomic E-state index is 12.3. The molecule has 1 aromatic heterocycles. The number of aromatic nitrogens is 3. The summed E-state index contributed by atoms with van der Waals surface area (Å²) in [4.78, 5) is 12.3. The fourth-order valence-corrected chi connectivity index (χ4v) is 4.17. The smallest absolute Gasteiger partial charge is 0.250 e. The van der Waals surface area contributed by atoms with Gasteiger partial charge in [0.2, 0.25) is 0 Å².